The zero-order chi connectivity index (χ0) is 17.9. The highest BCUT2D eigenvalue weighted by Gasteiger charge is 2.14. The lowest BCUT2D eigenvalue weighted by Crippen LogP contribution is -1.93. The molecule has 0 aliphatic rings. The monoisotopic (exact) mass is 370 g/mol. The van der Waals surface area contributed by atoms with Gasteiger partial charge in [-0.2, -0.15) is 4.98 Å². The maximum atomic E-state index is 13.0. The maximum Gasteiger partial charge on any atom is 0.293 e. The molecule has 0 spiro atoms. The summed E-state index contributed by atoms with van der Waals surface area (Å²) in [6.45, 7) is 0.251. The van der Waals surface area contributed by atoms with Crippen LogP contribution in [0.3, 0.4) is 0 Å². The van der Waals surface area contributed by atoms with Crippen LogP contribution in [0.4, 0.5) is 4.39 Å². The van der Waals surface area contributed by atoms with Crippen LogP contribution in [-0.4, -0.2) is 10.1 Å². The van der Waals surface area contributed by atoms with E-state index in [4.69, 9.17) is 25.3 Å². The summed E-state index contributed by atoms with van der Waals surface area (Å²) < 4.78 is 29.5. The second kappa shape index (κ2) is 7.01. The number of hydrogen-bond donors (Lipinski definition) is 0. The molecular weight excluding hydrogens is 359 g/mol. The Labute approximate surface area is 153 Å². The van der Waals surface area contributed by atoms with Crippen molar-refractivity contribution in [2.24, 2.45) is 0 Å². The zero-order valence-electron chi connectivity index (χ0n) is 13.4. The summed E-state index contributed by atoms with van der Waals surface area (Å²) in [6.07, 6.45) is 0. The lowest BCUT2D eigenvalue weighted by molar-refractivity contribution is 0.270. The fraction of sp³-hybridized carbons (Fsp3) is 0.0526. The molecule has 0 fully saturated rings. The predicted molar refractivity (Wildman–Crippen MR) is 93.2 cm³/mol. The van der Waals surface area contributed by atoms with Gasteiger partial charge in [-0.25, -0.2) is 4.39 Å². The molecule has 0 saturated heterocycles. The van der Waals surface area contributed by atoms with Crippen LogP contribution in [0.25, 0.3) is 23.0 Å². The average molecular weight is 371 g/mol. The van der Waals surface area contributed by atoms with Gasteiger partial charge in [0.2, 0.25) is 5.82 Å². The number of aromatic nitrogens is 2. The van der Waals surface area contributed by atoms with E-state index < -0.39 is 0 Å². The molecule has 0 bridgehead atoms. The van der Waals surface area contributed by atoms with E-state index in [2.05, 4.69) is 10.1 Å². The van der Waals surface area contributed by atoms with Crippen molar-refractivity contribution < 1.29 is 18.1 Å². The van der Waals surface area contributed by atoms with Crippen LogP contribution < -0.4 is 4.74 Å². The molecule has 0 atom stereocenters. The lowest BCUT2D eigenvalue weighted by Gasteiger charge is -2.03. The fourth-order valence-electron chi connectivity index (χ4n) is 2.30. The van der Waals surface area contributed by atoms with Crippen LogP contribution in [0.15, 0.2) is 69.6 Å². The highest BCUT2D eigenvalue weighted by molar-refractivity contribution is 6.30. The van der Waals surface area contributed by atoms with Crippen molar-refractivity contribution in [3.63, 3.8) is 0 Å². The maximum absolute atomic E-state index is 13.0. The van der Waals surface area contributed by atoms with Crippen LogP contribution in [0.5, 0.6) is 5.75 Å². The van der Waals surface area contributed by atoms with Crippen LogP contribution in [0, 0.1) is 5.82 Å². The predicted octanol–water partition coefficient (Wildman–Crippen LogP) is 5.37. The topological polar surface area (TPSA) is 61.3 Å². The smallest absolute Gasteiger partial charge is 0.293 e. The summed E-state index contributed by atoms with van der Waals surface area (Å²) in [5.74, 6) is 1.99. The van der Waals surface area contributed by atoms with Gasteiger partial charge >= 0.3 is 0 Å². The van der Waals surface area contributed by atoms with Crippen LogP contribution in [-0.2, 0) is 6.61 Å². The second-order valence-electron chi connectivity index (χ2n) is 5.44. The minimum atomic E-state index is -0.325. The van der Waals surface area contributed by atoms with Crippen molar-refractivity contribution in [3.8, 4) is 28.8 Å². The number of benzene rings is 2. The molecule has 2 heterocycles. The van der Waals surface area contributed by atoms with E-state index in [0.717, 1.165) is 0 Å². The molecule has 4 rings (SSSR count). The third-order valence-electron chi connectivity index (χ3n) is 3.60. The molecule has 0 unspecified atom stereocenters. The van der Waals surface area contributed by atoms with Crippen molar-refractivity contribution in [2.75, 3.05) is 0 Å². The van der Waals surface area contributed by atoms with Crippen molar-refractivity contribution in [1.29, 1.82) is 0 Å². The van der Waals surface area contributed by atoms with Crippen LogP contribution in [0.2, 0.25) is 5.02 Å². The molecule has 2 aromatic heterocycles. The molecule has 0 radical (unpaired) electrons. The first kappa shape index (κ1) is 16.4. The fourth-order valence-corrected chi connectivity index (χ4v) is 2.42. The Bertz CT molecular complexity index is 1010. The van der Waals surface area contributed by atoms with E-state index in [0.29, 0.717) is 33.7 Å². The summed E-state index contributed by atoms with van der Waals surface area (Å²) in [5.41, 5.74) is 0.652. The average Bonchev–Trinajstić information content (AvgIpc) is 3.31. The van der Waals surface area contributed by atoms with Gasteiger partial charge in [0.1, 0.15) is 23.9 Å². The molecule has 2 aromatic carbocycles. The zero-order valence-corrected chi connectivity index (χ0v) is 14.1. The third kappa shape index (κ3) is 3.60. The Morgan fingerprint density at radius 2 is 1.73 bits per heavy atom. The molecule has 5 nitrogen and oxygen atoms in total. The van der Waals surface area contributed by atoms with Gasteiger partial charge in [-0.3, -0.25) is 0 Å². The van der Waals surface area contributed by atoms with E-state index in [1.807, 2.05) is 0 Å². The summed E-state index contributed by atoms with van der Waals surface area (Å²) in [4.78, 5) is 4.27. The molecule has 7 heteroatoms. The van der Waals surface area contributed by atoms with Crippen molar-refractivity contribution in [3.05, 3.63) is 77.3 Å². The first-order valence-corrected chi connectivity index (χ1v) is 8.12. The summed E-state index contributed by atoms with van der Waals surface area (Å²) in [6, 6.07) is 16.4. The van der Waals surface area contributed by atoms with Gasteiger partial charge in [-0.1, -0.05) is 16.8 Å². The number of hydrogen-bond acceptors (Lipinski definition) is 5. The molecule has 0 aliphatic heterocycles. The highest BCUT2D eigenvalue weighted by Crippen LogP contribution is 2.25. The quantitative estimate of drug-likeness (QED) is 0.472. The Morgan fingerprint density at radius 1 is 0.962 bits per heavy atom. The first-order chi connectivity index (χ1) is 12.7. The number of ether oxygens (including phenoxy) is 1. The number of nitrogens with zero attached hydrogens (tertiary/aromatic N) is 2. The van der Waals surface area contributed by atoms with Crippen molar-refractivity contribution in [1.82, 2.24) is 10.1 Å². The third-order valence-corrected chi connectivity index (χ3v) is 3.85. The Balaban J connectivity index is 1.46. The Hall–Kier alpha value is -3.12. The van der Waals surface area contributed by atoms with Gasteiger partial charge in [0.25, 0.3) is 5.89 Å². The molecule has 0 N–H and O–H groups in total. The summed E-state index contributed by atoms with van der Waals surface area (Å²) in [5, 5.41) is 4.54. The van der Waals surface area contributed by atoms with Crippen molar-refractivity contribution >= 4 is 11.6 Å². The number of furan rings is 1. The number of rotatable bonds is 5. The van der Waals surface area contributed by atoms with E-state index in [1.165, 1.54) is 12.1 Å². The summed E-state index contributed by atoms with van der Waals surface area (Å²) >= 11 is 5.84. The minimum Gasteiger partial charge on any atom is -0.486 e. The van der Waals surface area contributed by atoms with Crippen LogP contribution >= 0.6 is 11.6 Å². The first-order valence-electron chi connectivity index (χ1n) is 7.74. The molecule has 0 saturated carbocycles. The standard InChI is InChI=1S/C19H12ClFN2O3/c20-13-3-7-15(8-4-13)24-11-16-9-10-17(25-16)19-22-18(23-26-19)12-1-5-14(21)6-2-12/h1-10H,11H2. The molecule has 4 aromatic rings. The molecule has 0 aliphatic carbocycles. The van der Waals surface area contributed by atoms with E-state index in [-0.39, 0.29) is 18.3 Å². The van der Waals surface area contributed by atoms with Gasteiger partial charge in [-0.15, -0.1) is 0 Å². The van der Waals surface area contributed by atoms with Gasteiger partial charge < -0.3 is 13.7 Å². The van der Waals surface area contributed by atoms with E-state index in [9.17, 15) is 4.39 Å². The highest BCUT2D eigenvalue weighted by atomic mass is 35.5. The normalized spacial score (nSPS) is 10.8. The molecular formula is C19H12ClFN2O3. The largest absolute Gasteiger partial charge is 0.486 e. The number of halogens is 2. The SMILES string of the molecule is Fc1ccc(-c2noc(-c3ccc(COc4ccc(Cl)cc4)o3)n2)cc1. The van der Waals surface area contributed by atoms with Gasteiger partial charge in [-0.05, 0) is 60.7 Å². The lowest BCUT2D eigenvalue weighted by atomic mass is 10.2. The second-order valence-corrected chi connectivity index (χ2v) is 5.88. The van der Waals surface area contributed by atoms with Gasteiger partial charge in [0.05, 0.1) is 0 Å². The van der Waals surface area contributed by atoms with E-state index in [1.54, 1.807) is 48.5 Å². The molecule has 130 valence electrons. The minimum absolute atomic E-state index is 0.238. The van der Waals surface area contributed by atoms with Gasteiger partial charge in [0.15, 0.2) is 5.76 Å². The Kier molecular flexibility index (Phi) is 4.41. The molecule has 0 amide bonds. The summed E-state index contributed by atoms with van der Waals surface area (Å²) in [7, 11) is 0. The van der Waals surface area contributed by atoms with E-state index >= 15 is 0 Å². The Morgan fingerprint density at radius 3 is 2.50 bits per heavy atom. The van der Waals surface area contributed by atoms with Gasteiger partial charge in [0, 0.05) is 10.6 Å². The van der Waals surface area contributed by atoms with Crippen molar-refractivity contribution in [2.45, 2.75) is 6.61 Å². The molecule has 26 heavy (non-hydrogen) atoms. The van der Waals surface area contributed by atoms with Crippen LogP contribution in [0.1, 0.15) is 5.76 Å².